The molecule has 0 aliphatic heterocycles. The summed E-state index contributed by atoms with van der Waals surface area (Å²) in [6.45, 7) is 4.84. The molecule has 1 N–H and O–H groups in total. The summed E-state index contributed by atoms with van der Waals surface area (Å²) in [5.74, 6) is 0.632. The van der Waals surface area contributed by atoms with E-state index in [0.29, 0.717) is 12.2 Å². The van der Waals surface area contributed by atoms with Crippen LogP contribution in [-0.2, 0) is 6.42 Å². The van der Waals surface area contributed by atoms with Crippen LogP contribution in [0.1, 0.15) is 49.4 Å². The Morgan fingerprint density at radius 1 is 1.47 bits per heavy atom. The molecule has 1 rings (SSSR count). The Morgan fingerprint density at radius 2 is 2.27 bits per heavy atom. The molecular weight excluding hydrogens is 192 g/mol. The number of rotatable bonds is 6. The predicted molar refractivity (Wildman–Crippen MR) is 57.7 cm³/mol. The lowest BCUT2D eigenvalue weighted by atomic mass is 10.2. The molecule has 1 aromatic heterocycles. The fourth-order valence-electron chi connectivity index (χ4n) is 1.25. The Labute approximate surface area is 90.0 Å². The number of carbonyl (C=O) groups excluding carboxylic acids is 1. The van der Waals surface area contributed by atoms with Crippen LogP contribution >= 0.6 is 0 Å². The molecule has 0 bridgehead atoms. The van der Waals surface area contributed by atoms with Crippen LogP contribution in [0.25, 0.3) is 0 Å². The Bertz CT molecular complexity index is 307. The van der Waals surface area contributed by atoms with E-state index >= 15 is 0 Å². The Hall–Kier alpha value is -1.32. The molecule has 0 radical (unpaired) electrons. The maximum atomic E-state index is 11.5. The fourth-order valence-corrected chi connectivity index (χ4v) is 1.25. The minimum atomic E-state index is -0.144. The van der Waals surface area contributed by atoms with Crippen molar-refractivity contribution < 1.29 is 9.32 Å². The standard InChI is InChI=1S/C11H18N2O2/c1-3-5-7-12-11(14)10-8-9(6-4-2)15-13-10/h8H,3-7H2,1-2H3,(H,12,14). The zero-order valence-electron chi connectivity index (χ0n) is 9.38. The summed E-state index contributed by atoms with van der Waals surface area (Å²) in [6, 6.07) is 1.71. The molecule has 0 spiro atoms. The minimum absolute atomic E-state index is 0.144. The van der Waals surface area contributed by atoms with Gasteiger partial charge in [-0.3, -0.25) is 4.79 Å². The van der Waals surface area contributed by atoms with E-state index in [1.54, 1.807) is 6.07 Å². The molecule has 0 fully saturated rings. The van der Waals surface area contributed by atoms with Gasteiger partial charge >= 0.3 is 0 Å². The van der Waals surface area contributed by atoms with Crippen LogP contribution in [0.4, 0.5) is 0 Å². The highest BCUT2D eigenvalue weighted by atomic mass is 16.5. The number of carbonyl (C=O) groups is 1. The van der Waals surface area contributed by atoms with Gasteiger partial charge in [-0.15, -0.1) is 0 Å². The molecular formula is C11H18N2O2. The van der Waals surface area contributed by atoms with Crippen LogP contribution in [0.15, 0.2) is 10.6 Å². The summed E-state index contributed by atoms with van der Waals surface area (Å²) in [5, 5.41) is 6.52. The van der Waals surface area contributed by atoms with Gasteiger partial charge in [-0.25, -0.2) is 0 Å². The monoisotopic (exact) mass is 210 g/mol. The summed E-state index contributed by atoms with van der Waals surface area (Å²) < 4.78 is 5.02. The molecule has 0 aliphatic rings. The second-order valence-electron chi connectivity index (χ2n) is 3.54. The molecule has 1 aromatic rings. The average Bonchev–Trinajstić information content (AvgIpc) is 2.67. The van der Waals surface area contributed by atoms with Gasteiger partial charge in [0, 0.05) is 19.0 Å². The summed E-state index contributed by atoms with van der Waals surface area (Å²) in [5.41, 5.74) is 0.384. The third-order valence-electron chi connectivity index (χ3n) is 2.10. The second-order valence-corrected chi connectivity index (χ2v) is 3.54. The normalized spacial score (nSPS) is 10.3. The van der Waals surface area contributed by atoms with Crippen molar-refractivity contribution in [1.29, 1.82) is 0 Å². The van der Waals surface area contributed by atoms with Crippen molar-refractivity contribution >= 4 is 5.91 Å². The summed E-state index contributed by atoms with van der Waals surface area (Å²) in [6.07, 6.45) is 3.88. The van der Waals surface area contributed by atoms with E-state index in [9.17, 15) is 4.79 Å². The number of unbranched alkanes of at least 4 members (excludes halogenated alkanes) is 1. The minimum Gasteiger partial charge on any atom is -0.361 e. The number of amides is 1. The van der Waals surface area contributed by atoms with Crippen molar-refractivity contribution in [2.75, 3.05) is 6.54 Å². The van der Waals surface area contributed by atoms with Gasteiger partial charge in [-0.1, -0.05) is 25.4 Å². The number of aromatic nitrogens is 1. The highest BCUT2D eigenvalue weighted by Crippen LogP contribution is 2.05. The Kier molecular flexibility index (Phi) is 4.87. The average molecular weight is 210 g/mol. The summed E-state index contributed by atoms with van der Waals surface area (Å²) >= 11 is 0. The molecule has 0 atom stereocenters. The number of hydrogen-bond donors (Lipinski definition) is 1. The van der Waals surface area contributed by atoms with E-state index < -0.39 is 0 Å². The fraction of sp³-hybridized carbons (Fsp3) is 0.636. The SMILES string of the molecule is CCCCNC(=O)c1cc(CCC)on1. The van der Waals surface area contributed by atoms with Crippen LogP contribution in [0.5, 0.6) is 0 Å². The predicted octanol–water partition coefficient (Wildman–Crippen LogP) is 2.16. The van der Waals surface area contributed by atoms with Crippen molar-refractivity contribution in [3.8, 4) is 0 Å². The second kappa shape index (κ2) is 6.22. The number of nitrogens with zero attached hydrogens (tertiary/aromatic N) is 1. The molecule has 0 aliphatic carbocycles. The van der Waals surface area contributed by atoms with Crippen molar-refractivity contribution in [2.24, 2.45) is 0 Å². The van der Waals surface area contributed by atoms with E-state index in [1.165, 1.54) is 0 Å². The van der Waals surface area contributed by atoms with E-state index in [0.717, 1.165) is 31.4 Å². The van der Waals surface area contributed by atoms with Gasteiger partial charge in [0.05, 0.1) is 0 Å². The van der Waals surface area contributed by atoms with Crippen molar-refractivity contribution in [3.05, 3.63) is 17.5 Å². The van der Waals surface area contributed by atoms with E-state index in [2.05, 4.69) is 24.3 Å². The Balaban J connectivity index is 2.43. The zero-order valence-corrected chi connectivity index (χ0v) is 9.38. The lowest BCUT2D eigenvalue weighted by Gasteiger charge is -1.99. The maximum absolute atomic E-state index is 11.5. The van der Waals surface area contributed by atoms with Gasteiger partial charge in [0.2, 0.25) is 0 Å². The third kappa shape index (κ3) is 3.73. The lowest BCUT2D eigenvalue weighted by molar-refractivity contribution is 0.0944. The first kappa shape index (κ1) is 11.8. The van der Waals surface area contributed by atoms with Gasteiger partial charge in [0.15, 0.2) is 5.69 Å². The van der Waals surface area contributed by atoms with Crippen LogP contribution < -0.4 is 5.32 Å². The van der Waals surface area contributed by atoms with Gasteiger partial charge in [0.1, 0.15) is 5.76 Å². The molecule has 1 amide bonds. The van der Waals surface area contributed by atoms with Crippen LogP contribution in [0.2, 0.25) is 0 Å². The smallest absolute Gasteiger partial charge is 0.273 e. The first-order valence-electron chi connectivity index (χ1n) is 5.51. The first-order chi connectivity index (χ1) is 7.27. The van der Waals surface area contributed by atoms with Crippen molar-refractivity contribution in [2.45, 2.75) is 39.5 Å². The van der Waals surface area contributed by atoms with Crippen molar-refractivity contribution in [3.63, 3.8) is 0 Å². The zero-order chi connectivity index (χ0) is 11.1. The van der Waals surface area contributed by atoms with Gasteiger partial charge in [-0.05, 0) is 12.8 Å². The molecule has 0 saturated heterocycles. The molecule has 15 heavy (non-hydrogen) atoms. The van der Waals surface area contributed by atoms with Gasteiger partial charge in [0.25, 0.3) is 5.91 Å². The number of aryl methyl sites for hydroxylation is 1. The largest absolute Gasteiger partial charge is 0.361 e. The maximum Gasteiger partial charge on any atom is 0.273 e. The molecule has 84 valence electrons. The molecule has 4 nitrogen and oxygen atoms in total. The van der Waals surface area contributed by atoms with E-state index in [1.807, 2.05) is 0 Å². The lowest BCUT2D eigenvalue weighted by Crippen LogP contribution is -2.24. The molecule has 0 unspecified atom stereocenters. The van der Waals surface area contributed by atoms with E-state index in [4.69, 9.17) is 4.52 Å². The van der Waals surface area contributed by atoms with Gasteiger partial charge < -0.3 is 9.84 Å². The topological polar surface area (TPSA) is 55.1 Å². The van der Waals surface area contributed by atoms with Crippen molar-refractivity contribution in [1.82, 2.24) is 10.5 Å². The third-order valence-corrected chi connectivity index (χ3v) is 2.10. The summed E-state index contributed by atoms with van der Waals surface area (Å²) in [4.78, 5) is 11.5. The Morgan fingerprint density at radius 3 is 2.93 bits per heavy atom. The highest BCUT2D eigenvalue weighted by molar-refractivity contribution is 5.92. The number of nitrogens with one attached hydrogen (secondary N) is 1. The first-order valence-corrected chi connectivity index (χ1v) is 5.51. The quantitative estimate of drug-likeness (QED) is 0.732. The van der Waals surface area contributed by atoms with Crippen LogP contribution in [0.3, 0.4) is 0 Å². The van der Waals surface area contributed by atoms with E-state index in [-0.39, 0.29) is 5.91 Å². The highest BCUT2D eigenvalue weighted by Gasteiger charge is 2.10. The molecule has 1 heterocycles. The molecule has 0 aromatic carbocycles. The molecule has 4 heteroatoms. The molecule has 0 saturated carbocycles. The van der Waals surface area contributed by atoms with Crippen LogP contribution in [0, 0.1) is 0 Å². The van der Waals surface area contributed by atoms with Gasteiger partial charge in [-0.2, -0.15) is 0 Å². The summed E-state index contributed by atoms with van der Waals surface area (Å²) in [7, 11) is 0. The van der Waals surface area contributed by atoms with Crippen LogP contribution in [-0.4, -0.2) is 17.6 Å². The number of hydrogen-bond acceptors (Lipinski definition) is 3.